The van der Waals surface area contributed by atoms with Crippen LogP contribution in [-0.4, -0.2) is 31.5 Å². The minimum absolute atomic E-state index is 0.156. The largest absolute Gasteiger partial charge is 0.379 e. The summed E-state index contributed by atoms with van der Waals surface area (Å²) in [6, 6.07) is 0.156. The van der Waals surface area contributed by atoms with Crippen molar-refractivity contribution in [1.82, 2.24) is 5.32 Å². The first kappa shape index (κ1) is 12.5. The lowest BCUT2D eigenvalue weighted by atomic mass is 9.93. The maximum absolute atomic E-state index is 14.0. The molecule has 0 aromatic rings. The molecular weight excluding hydrogens is 193 g/mol. The van der Waals surface area contributed by atoms with Gasteiger partial charge in [-0.2, -0.15) is 0 Å². The smallest absolute Gasteiger partial charge is 0.110 e. The van der Waals surface area contributed by atoms with Crippen molar-refractivity contribution in [3.8, 4) is 11.8 Å². The molecule has 1 aliphatic rings. The number of nitrogens with one attached hydrogen (secondary N) is 1. The molecule has 0 radical (unpaired) electrons. The number of alkyl halides is 1. The second-order valence-electron chi connectivity index (χ2n) is 4.27. The number of ether oxygens (including phenoxy) is 1. The van der Waals surface area contributed by atoms with E-state index in [0.717, 1.165) is 13.2 Å². The Kier molecular flexibility index (Phi) is 5.07. The van der Waals surface area contributed by atoms with Gasteiger partial charge in [0.15, 0.2) is 0 Å². The predicted octanol–water partition coefficient (Wildman–Crippen LogP) is 1.90. The number of morpholine rings is 1. The Morgan fingerprint density at radius 1 is 1.60 bits per heavy atom. The van der Waals surface area contributed by atoms with E-state index in [9.17, 15) is 4.39 Å². The van der Waals surface area contributed by atoms with Crippen LogP contribution in [0, 0.1) is 11.8 Å². The molecule has 1 fully saturated rings. The van der Waals surface area contributed by atoms with Crippen LogP contribution in [0.25, 0.3) is 0 Å². The standard InChI is InChI=1S/C12H20FNO/c1-3-4-5-6-12(2,13)9-11-10-15-8-7-14-11/h11,14H,5-10H2,1-2H3. The Morgan fingerprint density at radius 3 is 3.00 bits per heavy atom. The van der Waals surface area contributed by atoms with Crippen molar-refractivity contribution in [3.05, 3.63) is 0 Å². The van der Waals surface area contributed by atoms with Gasteiger partial charge in [-0.05, 0) is 26.7 Å². The monoisotopic (exact) mass is 213 g/mol. The molecule has 0 bridgehead atoms. The van der Waals surface area contributed by atoms with Gasteiger partial charge in [0, 0.05) is 19.0 Å². The minimum Gasteiger partial charge on any atom is -0.379 e. The lowest BCUT2D eigenvalue weighted by molar-refractivity contribution is 0.0463. The number of hydrogen-bond acceptors (Lipinski definition) is 2. The highest BCUT2D eigenvalue weighted by Gasteiger charge is 2.28. The SMILES string of the molecule is CC#CCCC(C)(F)CC1COCCN1. The van der Waals surface area contributed by atoms with Crippen LogP contribution in [0.15, 0.2) is 0 Å². The van der Waals surface area contributed by atoms with Crippen molar-refractivity contribution >= 4 is 0 Å². The summed E-state index contributed by atoms with van der Waals surface area (Å²) in [6.45, 7) is 5.63. The van der Waals surface area contributed by atoms with Crippen LogP contribution >= 0.6 is 0 Å². The Balaban J connectivity index is 2.28. The Labute approximate surface area is 91.6 Å². The van der Waals surface area contributed by atoms with Gasteiger partial charge < -0.3 is 10.1 Å². The molecule has 0 saturated carbocycles. The van der Waals surface area contributed by atoms with Crippen LogP contribution in [0.2, 0.25) is 0 Å². The van der Waals surface area contributed by atoms with Gasteiger partial charge in [-0.1, -0.05) is 0 Å². The van der Waals surface area contributed by atoms with Gasteiger partial charge in [-0.15, -0.1) is 11.8 Å². The quantitative estimate of drug-likeness (QED) is 0.720. The summed E-state index contributed by atoms with van der Waals surface area (Å²) < 4.78 is 19.3. The zero-order chi connectivity index (χ0) is 11.1. The molecule has 86 valence electrons. The van der Waals surface area contributed by atoms with Gasteiger partial charge in [0.2, 0.25) is 0 Å². The highest BCUT2D eigenvalue weighted by molar-refractivity contribution is 4.97. The number of hydrogen-bond donors (Lipinski definition) is 1. The predicted molar refractivity (Wildman–Crippen MR) is 59.4 cm³/mol. The summed E-state index contributed by atoms with van der Waals surface area (Å²) in [6.07, 6.45) is 1.65. The molecule has 3 heteroatoms. The van der Waals surface area contributed by atoms with Crippen molar-refractivity contribution in [3.63, 3.8) is 0 Å². The van der Waals surface area contributed by atoms with Crippen LogP contribution in [-0.2, 0) is 4.74 Å². The fraction of sp³-hybridized carbons (Fsp3) is 0.833. The fourth-order valence-corrected chi connectivity index (χ4v) is 1.81. The molecule has 0 spiro atoms. The second-order valence-corrected chi connectivity index (χ2v) is 4.27. The average Bonchev–Trinajstić information content (AvgIpc) is 2.18. The van der Waals surface area contributed by atoms with Crippen LogP contribution in [0.5, 0.6) is 0 Å². The van der Waals surface area contributed by atoms with Gasteiger partial charge >= 0.3 is 0 Å². The number of rotatable bonds is 4. The van der Waals surface area contributed by atoms with Crippen molar-refractivity contribution in [2.75, 3.05) is 19.8 Å². The second kappa shape index (κ2) is 6.09. The lowest BCUT2D eigenvalue weighted by Crippen LogP contribution is -2.44. The van der Waals surface area contributed by atoms with E-state index < -0.39 is 5.67 Å². The van der Waals surface area contributed by atoms with Crippen LogP contribution < -0.4 is 5.32 Å². The first-order chi connectivity index (χ1) is 7.14. The molecule has 1 saturated heterocycles. The molecule has 2 unspecified atom stereocenters. The third-order valence-electron chi connectivity index (χ3n) is 2.62. The fourth-order valence-electron chi connectivity index (χ4n) is 1.81. The molecule has 2 nitrogen and oxygen atoms in total. The lowest BCUT2D eigenvalue weighted by Gasteiger charge is -2.29. The maximum atomic E-state index is 14.0. The molecule has 1 N–H and O–H groups in total. The zero-order valence-electron chi connectivity index (χ0n) is 9.61. The topological polar surface area (TPSA) is 21.3 Å². The first-order valence-electron chi connectivity index (χ1n) is 5.54. The van der Waals surface area contributed by atoms with Crippen LogP contribution in [0.4, 0.5) is 4.39 Å². The summed E-state index contributed by atoms with van der Waals surface area (Å²) in [5.41, 5.74) is -1.14. The highest BCUT2D eigenvalue weighted by Crippen LogP contribution is 2.24. The van der Waals surface area contributed by atoms with E-state index in [0.29, 0.717) is 25.9 Å². The Bertz CT molecular complexity index is 236. The zero-order valence-corrected chi connectivity index (χ0v) is 9.61. The van der Waals surface area contributed by atoms with E-state index in [1.165, 1.54) is 0 Å². The first-order valence-corrected chi connectivity index (χ1v) is 5.54. The van der Waals surface area contributed by atoms with E-state index in [2.05, 4.69) is 17.2 Å². The molecule has 0 aliphatic carbocycles. The maximum Gasteiger partial charge on any atom is 0.110 e. The summed E-state index contributed by atoms with van der Waals surface area (Å²) >= 11 is 0. The van der Waals surface area contributed by atoms with Gasteiger partial charge in [0.25, 0.3) is 0 Å². The highest BCUT2D eigenvalue weighted by atomic mass is 19.1. The normalized spacial score (nSPS) is 25.1. The third kappa shape index (κ3) is 5.15. The van der Waals surface area contributed by atoms with Gasteiger partial charge in [0.1, 0.15) is 5.67 Å². The van der Waals surface area contributed by atoms with E-state index in [4.69, 9.17) is 4.74 Å². The molecule has 15 heavy (non-hydrogen) atoms. The van der Waals surface area contributed by atoms with E-state index in [-0.39, 0.29) is 6.04 Å². The van der Waals surface area contributed by atoms with E-state index >= 15 is 0 Å². The molecular formula is C12H20FNO. The average molecular weight is 213 g/mol. The molecule has 2 atom stereocenters. The summed E-state index contributed by atoms with van der Waals surface area (Å²) in [7, 11) is 0. The molecule has 0 amide bonds. The van der Waals surface area contributed by atoms with Crippen molar-refractivity contribution in [1.29, 1.82) is 0 Å². The van der Waals surface area contributed by atoms with E-state index in [1.54, 1.807) is 13.8 Å². The molecule has 0 aromatic carbocycles. The van der Waals surface area contributed by atoms with Gasteiger partial charge in [-0.3, -0.25) is 0 Å². The summed E-state index contributed by atoms with van der Waals surface area (Å²) in [5.74, 6) is 5.69. The molecule has 1 heterocycles. The van der Waals surface area contributed by atoms with Crippen molar-refractivity contribution < 1.29 is 9.13 Å². The third-order valence-corrected chi connectivity index (χ3v) is 2.62. The van der Waals surface area contributed by atoms with Gasteiger partial charge in [0.05, 0.1) is 13.2 Å². The van der Waals surface area contributed by atoms with E-state index in [1.807, 2.05) is 0 Å². The molecule has 0 aromatic heterocycles. The summed E-state index contributed by atoms with van der Waals surface area (Å²) in [4.78, 5) is 0. The Morgan fingerprint density at radius 2 is 2.40 bits per heavy atom. The minimum atomic E-state index is -1.14. The van der Waals surface area contributed by atoms with Crippen molar-refractivity contribution in [2.45, 2.75) is 44.8 Å². The van der Waals surface area contributed by atoms with Gasteiger partial charge in [-0.25, -0.2) is 4.39 Å². The van der Waals surface area contributed by atoms with Crippen LogP contribution in [0.3, 0.4) is 0 Å². The number of halogens is 1. The van der Waals surface area contributed by atoms with Crippen molar-refractivity contribution in [2.24, 2.45) is 0 Å². The molecule has 1 rings (SSSR count). The Hall–Kier alpha value is -0.590. The van der Waals surface area contributed by atoms with Crippen LogP contribution in [0.1, 0.15) is 33.1 Å². The molecule has 1 aliphatic heterocycles. The summed E-state index contributed by atoms with van der Waals surface area (Å²) in [5, 5.41) is 3.26.